The molecule has 0 saturated heterocycles. The molecule has 0 aliphatic rings. The van der Waals surface area contributed by atoms with Crippen LogP contribution in [0.25, 0.3) is 11.0 Å². The Morgan fingerprint density at radius 1 is 1.15 bits per heavy atom. The van der Waals surface area contributed by atoms with E-state index in [-0.39, 0.29) is 0 Å². The Morgan fingerprint density at radius 2 is 1.95 bits per heavy atom. The summed E-state index contributed by atoms with van der Waals surface area (Å²) in [6.07, 6.45) is 0. The number of anilines is 1. The quantitative estimate of drug-likeness (QED) is 0.583. The van der Waals surface area contributed by atoms with E-state index in [1.165, 1.54) is 0 Å². The second-order valence-corrected chi connectivity index (χ2v) is 4.64. The second kappa shape index (κ2) is 5.13. The smallest absolute Gasteiger partial charge is 0.290 e. The van der Waals surface area contributed by atoms with Crippen molar-refractivity contribution in [2.45, 2.75) is 13.5 Å². The van der Waals surface area contributed by atoms with E-state index in [0.29, 0.717) is 28.4 Å². The highest BCUT2D eigenvalue weighted by atomic mass is 16.5. The van der Waals surface area contributed by atoms with Crippen LogP contribution < -0.4 is 10.2 Å². The minimum Gasteiger partial charge on any atom is -0.594 e. The van der Waals surface area contributed by atoms with Crippen molar-refractivity contribution in [3.8, 4) is 0 Å². The molecule has 0 bridgehead atoms. The summed E-state index contributed by atoms with van der Waals surface area (Å²) in [5.74, 6) is 0.334. The molecule has 5 heteroatoms. The van der Waals surface area contributed by atoms with Crippen LogP contribution in [0, 0.1) is 12.1 Å². The normalized spacial score (nSPS) is 10.7. The van der Waals surface area contributed by atoms with Crippen molar-refractivity contribution >= 4 is 17.0 Å². The average Bonchev–Trinajstić information content (AvgIpc) is 2.47. The SMILES string of the molecule is Cc1ccc2nc(NCc3ccccc3)n[n+]([O-])c2c1. The van der Waals surface area contributed by atoms with E-state index < -0.39 is 0 Å². The highest BCUT2D eigenvalue weighted by molar-refractivity contribution is 5.72. The van der Waals surface area contributed by atoms with E-state index in [9.17, 15) is 5.21 Å². The number of aromatic nitrogens is 3. The summed E-state index contributed by atoms with van der Waals surface area (Å²) in [7, 11) is 0. The predicted octanol–water partition coefficient (Wildman–Crippen LogP) is 2.18. The van der Waals surface area contributed by atoms with E-state index in [4.69, 9.17) is 0 Å². The minimum atomic E-state index is 0.334. The first-order chi connectivity index (χ1) is 9.72. The zero-order chi connectivity index (χ0) is 13.9. The Kier molecular flexibility index (Phi) is 3.16. The number of hydrogen-bond acceptors (Lipinski definition) is 4. The summed E-state index contributed by atoms with van der Waals surface area (Å²) in [5.41, 5.74) is 3.24. The Labute approximate surface area is 116 Å². The van der Waals surface area contributed by atoms with Crippen LogP contribution in [0.5, 0.6) is 0 Å². The maximum absolute atomic E-state index is 11.9. The first-order valence-electron chi connectivity index (χ1n) is 6.38. The largest absolute Gasteiger partial charge is 0.594 e. The van der Waals surface area contributed by atoms with Crippen LogP contribution in [0.1, 0.15) is 11.1 Å². The van der Waals surface area contributed by atoms with Crippen LogP contribution in [-0.4, -0.2) is 10.1 Å². The minimum absolute atomic E-state index is 0.334. The number of aryl methyl sites for hydroxylation is 1. The zero-order valence-electron chi connectivity index (χ0n) is 11.1. The molecule has 0 amide bonds. The van der Waals surface area contributed by atoms with E-state index in [1.807, 2.05) is 49.4 Å². The van der Waals surface area contributed by atoms with Crippen molar-refractivity contribution in [2.75, 3.05) is 5.32 Å². The topological polar surface area (TPSA) is 64.8 Å². The monoisotopic (exact) mass is 266 g/mol. The first-order valence-corrected chi connectivity index (χ1v) is 6.38. The van der Waals surface area contributed by atoms with Crippen LogP contribution in [0.3, 0.4) is 0 Å². The van der Waals surface area contributed by atoms with Gasteiger partial charge >= 0.3 is 0 Å². The summed E-state index contributed by atoms with van der Waals surface area (Å²) in [6, 6.07) is 15.4. The number of benzene rings is 2. The van der Waals surface area contributed by atoms with Crippen LogP contribution in [0.2, 0.25) is 0 Å². The molecule has 100 valence electrons. The molecule has 0 saturated carbocycles. The molecular weight excluding hydrogens is 252 g/mol. The molecule has 3 rings (SSSR count). The van der Waals surface area contributed by atoms with Gasteiger partial charge < -0.3 is 10.5 Å². The molecule has 2 aromatic carbocycles. The summed E-state index contributed by atoms with van der Waals surface area (Å²) in [5, 5.41) is 18.9. The van der Waals surface area contributed by atoms with Gasteiger partial charge in [0.05, 0.1) is 5.10 Å². The van der Waals surface area contributed by atoms with E-state index in [1.54, 1.807) is 6.07 Å². The molecule has 0 aliphatic carbocycles. The predicted molar refractivity (Wildman–Crippen MR) is 77.0 cm³/mol. The second-order valence-electron chi connectivity index (χ2n) is 4.64. The Morgan fingerprint density at radius 3 is 2.75 bits per heavy atom. The van der Waals surface area contributed by atoms with Gasteiger partial charge in [-0.3, -0.25) is 0 Å². The molecular formula is C15H14N4O. The fourth-order valence-corrected chi connectivity index (χ4v) is 2.01. The van der Waals surface area contributed by atoms with Gasteiger partial charge in [0.25, 0.3) is 11.5 Å². The average molecular weight is 266 g/mol. The Hall–Kier alpha value is -2.69. The van der Waals surface area contributed by atoms with Crippen molar-refractivity contribution < 1.29 is 4.85 Å². The molecule has 20 heavy (non-hydrogen) atoms. The van der Waals surface area contributed by atoms with Gasteiger partial charge in [-0.2, -0.15) is 0 Å². The fraction of sp³-hybridized carbons (Fsp3) is 0.133. The number of hydrogen-bond donors (Lipinski definition) is 1. The molecule has 0 atom stereocenters. The van der Waals surface area contributed by atoms with E-state index in [0.717, 1.165) is 11.1 Å². The van der Waals surface area contributed by atoms with E-state index in [2.05, 4.69) is 15.4 Å². The highest BCUT2D eigenvalue weighted by Gasteiger charge is 2.10. The van der Waals surface area contributed by atoms with E-state index >= 15 is 0 Å². The van der Waals surface area contributed by atoms with Gasteiger partial charge in [0.1, 0.15) is 5.52 Å². The Bertz CT molecular complexity index is 743. The number of nitrogens with one attached hydrogen (secondary N) is 1. The molecule has 3 aromatic rings. The zero-order valence-corrected chi connectivity index (χ0v) is 11.1. The standard InChI is InChI=1S/C15H14N4O/c1-11-7-8-13-14(9-11)19(20)18-15(17-13)16-10-12-5-3-2-4-6-12/h2-9H,10H2,1H3,(H,16,17,18). The van der Waals surface area contributed by atoms with Gasteiger partial charge in [-0.1, -0.05) is 36.4 Å². The van der Waals surface area contributed by atoms with Crippen molar-refractivity contribution in [2.24, 2.45) is 0 Å². The lowest BCUT2D eigenvalue weighted by Crippen LogP contribution is -2.33. The van der Waals surface area contributed by atoms with Crippen LogP contribution in [0.4, 0.5) is 5.95 Å². The lowest BCUT2D eigenvalue weighted by molar-refractivity contribution is -0.641. The van der Waals surface area contributed by atoms with Gasteiger partial charge in [-0.05, 0) is 29.0 Å². The van der Waals surface area contributed by atoms with Crippen LogP contribution >= 0.6 is 0 Å². The number of nitrogens with zero attached hydrogens (tertiary/aromatic N) is 3. The fourth-order valence-electron chi connectivity index (χ4n) is 2.01. The van der Waals surface area contributed by atoms with Gasteiger partial charge in [0.2, 0.25) is 0 Å². The molecule has 0 unspecified atom stereocenters. The molecule has 1 heterocycles. The molecule has 0 radical (unpaired) electrons. The van der Waals surface area contributed by atoms with Gasteiger partial charge in [-0.25, -0.2) is 4.98 Å². The Balaban J connectivity index is 1.87. The first kappa shape index (κ1) is 12.3. The van der Waals surface area contributed by atoms with Crippen molar-refractivity contribution in [1.29, 1.82) is 0 Å². The summed E-state index contributed by atoms with van der Waals surface area (Å²) in [4.78, 5) is 4.96. The molecule has 1 aromatic heterocycles. The lowest BCUT2D eigenvalue weighted by Gasteiger charge is -2.05. The maximum Gasteiger partial charge on any atom is 0.290 e. The third-order valence-electron chi connectivity index (χ3n) is 3.04. The van der Waals surface area contributed by atoms with Crippen LogP contribution in [0.15, 0.2) is 48.5 Å². The maximum atomic E-state index is 11.9. The molecule has 5 nitrogen and oxygen atoms in total. The van der Waals surface area contributed by atoms with Crippen molar-refractivity contribution in [3.63, 3.8) is 0 Å². The van der Waals surface area contributed by atoms with Gasteiger partial charge in [0.15, 0.2) is 0 Å². The number of fused-ring (bicyclic) bond motifs is 1. The number of rotatable bonds is 3. The van der Waals surface area contributed by atoms with Crippen LogP contribution in [-0.2, 0) is 6.54 Å². The summed E-state index contributed by atoms with van der Waals surface area (Å²) < 4.78 is 0. The summed E-state index contributed by atoms with van der Waals surface area (Å²) >= 11 is 0. The third-order valence-corrected chi connectivity index (χ3v) is 3.04. The molecule has 0 fully saturated rings. The highest BCUT2D eigenvalue weighted by Crippen LogP contribution is 2.11. The summed E-state index contributed by atoms with van der Waals surface area (Å²) in [6.45, 7) is 2.51. The lowest BCUT2D eigenvalue weighted by atomic mass is 10.2. The van der Waals surface area contributed by atoms with Gasteiger partial charge in [0, 0.05) is 12.6 Å². The van der Waals surface area contributed by atoms with Crippen molar-refractivity contribution in [1.82, 2.24) is 10.1 Å². The molecule has 0 aliphatic heterocycles. The molecule has 0 spiro atoms. The molecule has 1 N–H and O–H groups in total. The van der Waals surface area contributed by atoms with Crippen molar-refractivity contribution in [3.05, 3.63) is 64.9 Å². The van der Waals surface area contributed by atoms with Gasteiger partial charge in [-0.15, -0.1) is 0 Å². The third kappa shape index (κ3) is 2.51.